The molecular weight excluding hydrogens is 354 g/mol. The van der Waals surface area contributed by atoms with Gasteiger partial charge in [0.25, 0.3) is 5.91 Å². The Kier molecular flexibility index (Phi) is 3.89. The molecule has 1 unspecified atom stereocenters. The SMILES string of the molecule is Cn1nccc1C(=O)N1CCC(c2nc3ccc(-c4ccncc4)cn3n2)C1. The Morgan fingerprint density at radius 1 is 1.07 bits per heavy atom. The molecule has 0 radical (unpaired) electrons. The second kappa shape index (κ2) is 6.56. The first kappa shape index (κ1) is 16.6. The highest BCUT2D eigenvalue weighted by Gasteiger charge is 2.31. The van der Waals surface area contributed by atoms with Gasteiger partial charge in [0.2, 0.25) is 0 Å². The van der Waals surface area contributed by atoms with Gasteiger partial charge in [-0.1, -0.05) is 0 Å². The fraction of sp³-hybridized carbons (Fsp3) is 0.250. The van der Waals surface area contributed by atoms with Crippen molar-refractivity contribution < 1.29 is 4.79 Å². The largest absolute Gasteiger partial charge is 0.337 e. The summed E-state index contributed by atoms with van der Waals surface area (Å²) in [5.74, 6) is 0.930. The number of pyridine rings is 2. The van der Waals surface area contributed by atoms with Crippen molar-refractivity contribution in [1.82, 2.24) is 34.3 Å². The van der Waals surface area contributed by atoms with Crippen LogP contribution in [0, 0.1) is 0 Å². The second-order valence-corrected chi connectivity index (χ2v) is 7.00. The summed E-state index contributed by atoms with van der Waals surface area (Å²) >= 11 is 0. The van der Waals surface area contributed by atoms with E-state index in [1.807, 2.05) is 39.9 Å². The van der Waals surface area contributed by atoms with E-state index in [0.29, 0.717) is 18.8 Å². The van der Waals surface area contributed by atoms with Crippen LogP contribution in [0.15, 0.2) is 55.1 Å². The summed E-state index contributed by atoms with van der Waals surface area (Å²) in [6, 6.07) is 9.70. The Bertz CT molecular complexity index is 1150. The van der Waals surface area contributed by atoms with E-state index in [0.717, 1.165) is 29.0 Å². The average molecular weight is 373 g/mol. The maximum atomic E-state index is 12.7. The zero-order chi connectivity index (χ0) is 19.1. The lowest BCUT2D eigenvalue weighted by Gasteiger charge is -2.15. The van der Waals surface area contributed by atoms with Crippen molar-refractivity contribution in [2.45, 2.75) is 12.3 Å². The molecule has 1 atom stereocenters. The fourth-order valence-electron chi connectivity index (χ4n) is 3.69. The van der Waals surface area contributed by atoms with Gasteiger partial charge in [-0.2, -0.15) is 10.2 Å². The predicted molar refractivity (Wildman–Crippen MR) is 103 cm³/mol. The molecule has 8 heteroatoms. The van der Waals surface area contributed by atoms with Crippen LogP contribution in [0.1, 0.15) is 28.7 Å². The van der Waals surface area contributed by atoms with Crippen molar-refractivity contribution in [2.24, 2.45) is 7.05 Å². The summed E-state index contributed by atoms with van der Waals surface area (Å²) in [5.41, 5.74) is 3.56. The molecule has 0 spiro atoms. The van der Waals surface area contributed by atoms with E-state index >= 15 is 0 Å². The molecule has 0 N–H and O–H groups in total. The van der Waals surface area contributed by atoms with Crippen molar-refractivity contribution >= 4 is 11.6 Å². The van der Waals surface area contributed by atoms with E-state index in [1.165, 1.54) is 0 Å². The van der Waals surface area contributed by atoms with Gasteiger partial charge in [-0.05, 0) is 42.3 Å². The molecule has 1 fully saturated rings. The van der Waals surface area contributed by atoms with Gasteiger partial charge in [0.15, 0.2) is 11.5 Å². The third-order valence-corrected chi connectivity index (χ3v) is 5.24. The summed E-state index contributed by atoms with van der Waals surface area (Å²) < 4.78 is 3.43. The lowest BCUT2D eigenvalue weighted by molar-refractivity contribution is 0.0779. The van der Waals surface area contributed by atoms with Gasteiger partial charge in [-0.25, -0.2) is 9.50 Å². The Morgan fingerprint density at radius 3 is 2.71 bits per heavy atom. The summed E-state index contributed by atoms with van der Waals surface area (Å²) in [6.45, 7) is 1.32. The van der Waals surface area contributed by atoms with E-state index in [9.17, 15) is 4.79 Å². The number of nitrogens with zero attached hydrogens (tertiary/aromatic N) is 7. The van der Waals surface area contributed by atoms with Gasteiger partial charge in [-0.3, -0.25) is 14.5 Å². The van der Waals surface area contributed by atoms with Gasteiger partial charge in [-0.15, -0.1) is 0 Å². The minimum Gasteiger partial charge on any atom is -0.337 e. The van der Waals surface area contributed by atoms with Crippen molar-refractivity contribution in [2.75, 3.05) is 13.1 Å². The quantitative estimate of drug-likeness (QED) is 0.550. The lowest BCUT2D eigenvalue weighted by Crippen LogP contribution is -2.30. The molecular formula is C20H19N7O. The van der Waals surface area contributed by atoms with Gasteiger partial charge in [0.1, 0.15) is 5.69 Å². The first-order chi connectivity index (χ1) is 13.7. The Labute approximate surface area is 161 Å². The standard InChI is InChI=1S/C20H19N7O/c1-25-17(6-10-22-25)20(28)26-11-7-16(12-26)19-23-18-3-2-15(13-27(18)24-19)14-4-8-21-9-5-14/h2-6,8-10,13,16H,7,11-12H2,1H3. The van der Waals surface area contributed by atoms with Gasteiger partial charge >= 0.3 is 0 Å². The van der Waals surface area contributed by atoms with Crippen LogP contribution in [0.3, 0.4) is 0 Å². The molecule has 0 aliphatic carbocycles. The third kappa shape index (κ3) is 2.83. The van der Waals surface area contributed by atoms with E-state index in [4.69, 9.17) is 0 Å². The molecule has 1 amide bonds. The number of amides is 1. The molecule has 5 rings (SSSR count). The smallest absolute Gasteiger partial charge is 0.272 e. The van der Waals surface area contributed by atoms with Crippen molar-refractivity contribution in [3.63, 3.8) is 0 Å². The molecule has 28 heavy (non-hydrogen) atoms. The molecule has 140 valence electrons. The number of carbonyl (C=O) groups excluding carboxylic acids is 1. The van der Waals surface area contributed by atoms with Crippen LogP contribution in [0.5, 0.6) is 0 Å². The molecule has 1 saturated heterocycles. The van der Waals surface area contributed by atoms with Crippen molar-refractivity contribution in [1.29, 1.82) is 0 Å². The van der Waals surface area contributed by atoms with Crippen LogP contribution < -0.4 is 0 Å². The Morgan fingerprint density at radius 2 is 1.93 bits per heavy atom. The predicted octanol–water partition coefficient (Wildman–Crippen LogP) is 2.15. The first-order valence-electron chi connectivity index (χ1n) is 9.23. The van der Waals surface area contributed by atoms with E-state index in [1.54, 1.807) is 36.4 Å². The Balaban J connectivity index is 1.38. The number of likely N-dealkylation sites (tertiary alicyclic amines) is 1. The molecule has 1 aliphatic heterocycles. The van der Waals surface area contributed by atoms with Gasteiger partial charge in [0.05, 0.1) is 0 Å². The van der Waals surface area contributed by atoms with Crippen LogP contribution in [0.25, 0.3) is 16.8 Å². The number of carbonyl (C=O) groups is 1. The topological polar surface area (TPSA) is 81.2 Å². The van der Waals surface area contributed by atoms with Gasteiger partial charge < -0.3 is 4.90 Å². The van der Waals surface area contributed by atoms with Crippen molar-refractivity contribution in [3.05, 3.63) is 66.6 Å². The zero-order valence-electron chi connectivity index (χ0n) is 15.4. The van der Waals surface area contributed by atoms with Crippen molar-refractivity contribution in [3.8, 4) is 11.1 Å². The highest BCUT2D eigenvalue weighted by molar-refractivity contribution is 5.92. The highest BCUT2D eigenvalue weighted by Crippen LogP contribution is 2.27. The number of hydrogen-bond donors (Lipinski definition) is 0. The van der Waals surface area contributed by atoms with Crippen LogP contribution in [-0.2, 0) is 7.05 Å². The minimum absolute atomic E-state index is 0.00578. The number of aryl methyl sites for hydroxylation is 1. The maximum Gasteiger partial charge on any atom is 0.272 e. The highest BCUT2D eigenvalue weighted by atomic mass is 16.2. The molecule has 5 heterocycles. The summed E-state index contributed by atoms with van der Waals surface area (Å²) in [6.07, 6.45) is 8.04. The summed E-state index contributed by atoms with van der Waals surface area (Å²) in [5, 5.41) is 8.77. The summed E-state index contributed by atoms with van der Waals surface area (Å²) in [4.78, 5) is 23.3. The monoisotopic (exact) mass is 373 g/mol. The maximum absolute atomic E-state index is 12.7. The van der Waals surface area contributed by atoms with Crippen LogP contribution in [0.2, 0.25) is 0 Å². The lowest BCUT2D eigenvalue weighted by atomic mass is 10.1. The molecule has 4 aromatic heterocycles. The van der Waals surface area contributed by atoms with E-state index in [-0.39, 0.29) is 11.8 Å². The van der Waals surface area contributed by atoms with Crippen LogP contribution in [-0.4, -0.2) is 53.3 Å². The number of hydrogen-bond acceptors (Lipinski definition) is 5. The molecule has 4 aromatic rings. The van der Waals surface area contributed by atoms with E-state index < -0.39 is 0 Å². The van der Waals surface area contributed by atoms with Gasteiger partial charge in [0, 0.05) is 56.4 Å². The normalized spacial score (nSPS) is 16.8. The fourth-order valence-corrected chi connectivity index (χ4v) is 3.69. The van der Waals surface area contributed by atoms with Crippen LogP contribution >= 0.6 is 0 Å². The summed E-state index contributed by atoms with van der Waals surface area (Å²) in [7, 11) is 1.78. The first-order valence-corrected chi connectivity index (χ1v) is 9.23. The number of fused-ring (bicyclic) bond motifs is 1. The molecule has 8 nitrogen and oxygen atoms in total. The van der Waals surface area contributed by atoms with Crippen LogP contribution in [0.4, 0.5) is 0 Å². The zero-order valence-corrected chi connectivity index (χ0v) is 15.4. The molecule has 0 aromatic carbocycles. The number of aromatic nitrogens is 6. The minimum atomic E-state index is 0.00578. The molecule has 0 saturated carbocycles. The average Bonchev–Trinajstić information content (AvgIpc) is 3.46. The second-order valence-electron chi connectivity index (χ2n) is 7.00. The van der Waals surface area contributed by atoms with E-state index in [2.05, 4.69) is 20.2 Å². The number of rotatable bonds is 3. The third-order valence-electron chi connectivity index (χ3n) is 5.24. The molecule has 0 bridgehead atoms. The Hall–Kier alpha value is -3.55. The molecule has 1 aliphatic rings.